The second-order valence-corrected chi connectivity index (χ2v) is 10.1. The number of aliphatic hydroxyl groups is 3. The van der Waals surface area contributed by atoms with E-state index in [9.17, 15) is 20.1 Å². The van der Waals surface area contributed by atoms with Crippen molar-refractivity contribution in [3.8, 4) is 11.5 Å². The van der Waals surface area contributed by atoms with E-state index in [1.54, 1.807) is 18.3 Å². The van der Waals surface area contributed by atoms with Crippen molar-refractivity contribution >= 4 is 40.7 Å². The number of nitrogens with one attached hydrogen (secondary N) is 2. The second kappa shape index (κ2) is 11.1. The maximum absolute atomic E-state index is 12.2. The number of hydrogen-bond acceptors (Lipinski definition) is 11. The number of imidazole rings is 1. The minimum atomic E-state index is -1.33. The van der Waals surface area contributed by atoms with E-state index in [1.807, 2.05) is 12.1 Å². The van der Waals surface area contributed by atoms with Crippen molar-refractivity contribution in [2.75, 3.05) is 30.0 Å². The molecule has 14 nitrogen and oxygen atoms in total. The first kappa shape index (κ1) is 26.6. The zero-order chi connectivity index (χ0) is 27.8. The summed E-state index contributed by atoms with van der Waals surface area (Å²) in [7, 11) is 0. The molecule has 0 unspecified atom stereocenters. The number of hydrogen-bond donors (Lipinski definition) is 5. The number of nitrogens with zero attached hydrogens (tertiary/aromatic N) is 6. The Bertz CT molecular complexity index is 1490. The Kier molecular flexibility index (Phi) is 7.35. The van der Waals surface area contributed by atoms with Gasteiger partial charge in [-0.3, -0.25) is 14.5 Å². The van der Waals surface area contributed by atoms with Gasteiger partial charge >= 0.3 is 0 Å². The molecule has 2 fully saturated rings. The van der Waals surface area contributed by atoms with Crippen LogP contribution < -0.4 is 10.2 Å². The molecule has 4 aromatic rings. The summed E-state index contributed by atoms with van der Waals surface area (Å²) >= 11 is 6.01. The Labute approximate surface area is 232 Å². The van der Waals surface area contributed by atoms with Gasteiger partial charge in [-0.1, -0.05) is 23.7 Å². The van der Waals surface area contributed by atoms with Crippen LogP contribution in [0.2, 0.25) is 5.02 Å². The van der Waals surface area contributed by atoms with Gasteiger partial charge in [0, 0.05) is 17.8 Å². The Hall–Kier alpha value is -3.66. The smallest absolute Gasteiger partial charge is 0.214 e. The highest BCUT2D eigenvalue weighted by molar-refractivity contribution is 6.30. The lowest BCUT2D eigenvalue weighted by Crippen LogP contribution is -2.33. The number of rotatable bonds is 9. The van der Waals surface area contributed by atoms with Crippen LogP contribution in [0.25, 0.3) is 22.7 Å². The quantitative estimate of drug-likeness (QED) is 0.180. The van der Waals surface area contributed by atoms with Crippen LogP contribution in [0.15, 0.2) is 36.8 Å². The van der Waals surface area contributed by atoms with Crippen molar-refractivity contribution in [3.05, 3.63) is 47.4 Å². The summed E-state index contributed by atoms with van der Waals surface area (Å²) in [4.78, 5) is 27.5. The third kappa shape index (κ3) is 4.89. The fraction of sp³-hybridized carbons (Fsp3) is 0.400. The van der Waals surface area contributed by atoms with Crippen molar-refractivity contribution in [1.29, 1.82) is 0 Å². The maximum Gasteiger partial charge on any atom is 0.214 e. The molecule has 2 aliphatic heterocycles. The number of anilines is 2. The normalized spacial score (nSPS) is 24.6. The number of carbonyl (C=O) groups is 1. The van der Waals surface area contributed by atoms with Crippen LogP contribution in [0.3, 0.4) is 0 Å². The molecule has 5 atom stereocenters. The zero-order valence-electron chi connectivity index (χ0n) is 21.1. The fourth-order valence-corrected chi connectivity index (χ4v) is 5.02. The second-order valence-electron chi connectivity index (χ2n) is 9.63. The van der Waals surface area contributed by atoms with Crippen LogP contribution >= 0.6 is 11.6 Å². The molecule has 2 saturated heterocycles. The average molecular weight is 571 g/mol. The number of aromatic amines is 1. The standard InChI is InChI=1S/C25H27ClN8O6/c26-14-3-1-13(2-4-14)8-33(12-36)16-7-28-32-18(16)22-30-23(29-15-5-6-39-10-15)19-24(31-22)34(11-27-19)25-21(38)20(37)17(9-35)40-25/h1-4,7,11-12,15,17,20-21,25,35,37-38H,5-6,8-10H2,(H,28,32)(H,29,30,31)/t15-,17-,20-,21-,25-/m1/s1. The van der Waals surface area contributed by atoms with E-state index in [4.69, 9.17) is 31.0 Å². The lowest BCUT2D eigenvalue weighted by atomic mass is 10.1. The number of aromatic nitrogens is 6. The van der Waals surface area contributed by atoms with Crippen LogP contribution in [0.5, 0.6) is 0 Å². The number of halogens is 1. The highest BCUT2D eigenvalue weighted by Crippen LogP contribution is 2.35. The number of amides is 1. The van der Waals surface area contributed by atoms with Crippen LogP contribution in [-0.4, -0.2) is 95.6 Å². The maximum atomic E-state index is 12.2. The van der Waals surface area contributed by atoms with E-state index in [0.29, 0.717) is 53.0 Å². The van der Waals surface area contributed by atoms with Crippen molar-refractivity contribution < 1.29 is 29.6 Å². The third-order valence-electron chi connectivity index (χ3n) is 7.02. The average Bonchev–Trinajstić information content (AvgIpc) is 3.77. The van der Waals surface area contributed by atoms with Crippen molar-refractivity contribution in [2.24, 2.45) is 0 Å². The highest BCUT2D eigenvalue weighted by Gasteiger charge is 2.44. The predicted molar refractivity (Wildman–Crippen MR) is 142 cm³/mol. The molecule has 210 valence electrons. The molecule has 6 rings (SSSR count). The largest absolute Gasteiger partial charge is 0.394 e. The van der Waals surface area contributed by atoms with Crippen molar-refractivity contribution in [3.63, 3.8) is 0 Å². The van der Waals surface area contributed by atoms with E-state index in [-0.39, 0.29) is 18.4 Å². The van der Waals surface area contributed by atoms with E-state index in [0.717, 1.165) is 12.0 Å². The van der Waals surface area contributed by atoms with Gasteiger partial charge in [-0.05, 0) is 24.1 Å². The highest BCUT2D eigenvalue weighted by atomic mass is 35.5. The number of aliphatic hydroxyl groups excluding tert-OH is 3. The third-order valence-corrected chi connectivity index (χ3v) is 7.27. The van der Waals surface area contributed by atoms with Gasteiger partial charge < -0.3 is 35.0 Å². The molecular weight excluding hydrogens is 544 g/mol. The van der Waals surface area contributed by atoms with Crippen LogP contribution in [0.4, 0.5) is 11.5 Å². The van der Waals surface area contributed by atoms with Gasteiger partial charge in [-0.15, -0.1) is 0 Å². The molecule has 0 radical (unpaired) electrons. The molecule has 15 heteroatoms. The fourth-order valence-electron chi connectivity index (χ4n) is 4.89. The summed E-state index contributed by atoms with van der Waals surface area (Å²) in [6.07, 6.45) is -0.189. The molecular formula is C25H27ClN8O6. The lowest BCUT2D eigenvalue weighted by molar-refractivity contribution is -0.107. The minimum Gasteiger partial charge on any atom is -0.394 e. The summed E-state index contributed by atoms with van der Waals surface area (Å²) in [6.45, 7) is 0.880. The van der Waals surface area contributed by atoms with Crippen LogP contribution in [0, 0.1) is 0 Å². The van der Waals surface area contributed by atoms with E-state index in [1.165, 1.54) is 15.8 Å². The molecule has 2 aliphatic rings. The monoisotopic (exact) mass is 570 g/mol. The summed E-state index contributed by atoms with van der Waals surface area (Å²) < 4.78 is 12.7. The SMILES string of the molecule is O=CN(Cc1ccc(Cl)cc1)c1c[nH]nc1-c1nc(N[C@@H]2CCOC2)c2ncn([C@@H]3O[C@H](CO)[C@@H](O)[C@H]3O)c2n1. The zero-order valence-corrected chi connectivity index (χ0v) is 21.8. The number of H-pyrrole nitrogens is 1. The molecule has 5 N–H and O–H groups in total. The molecule has 0 spiro atoms. The van der Waals surface area contributed by atoms with E-state index >= 15 is 0 Å². The first-order valence-corrected chi connectivity index (χ1v) is 13.1. The van der Waals surface area contributed by atoms with Crippen molar-refractivity contribution in [2.45, 2.75) is 43.5 Å². The number of carbonyl (C=O) groups excluding carboxylic acids is 1. The van der Waals surface area contributed by atoms with Gasteiger partial charge in [0.2, 0.25) is 6.41 Å². The van der Waals surface area contributed by atoms with Gasteiger partial charge in [-0.25, -0.2) is 15.0 Å². The van der Waals surface area contributed by atoms with Gasteiger partial charge in [0.15, 0.2) is 34.7 Å². The van der Waals surface area contributed by atoms with Crippen LogP contribution in [-0.2, 0) is 20.8 Å². The van der Waals surface area contributed by atoms with Gasteiger partial charge in [0.25, 0.3) is 0 Å². The van der Waals surface area contributed by atoms with Crippen molar-refractivity contribution in [1.82, 2.24) is 29.7 Å². The Morgan fingerprint density at radius 1 is 1.23 bits per heavy atom. The summed E-state index contributed by atoms with van der Waals surface area (Å²) in [5.41, 5.74) is 2.30. The van der Waals surface area contributed by atoms with E-state index < -0.39 is 31.1 Å². The molecule has 40 heavy (non-hydrogen) atoms. The molecule has 1 amide bonds. The molecule has 0 bridgehead atoms. The molecule has 1 aromatic carbocycles. The summed E-state index contributed by atoms with van der Waals surface area (Å²) in [6, 6.07) is 7.13. The summed E-state index contributed by atoms with van der Waals surface area (Å²) in [5, 5.41) is 41.6. The van der Waals surface area contributed by atoms with Crippen LogP contribution in [0.1, 0.15) is 18.2 Å². The lowest BCUT2D eigenvalue weighted by Gasteiger charge is -2.19. The Balaban J connectivity index is 1.42. The summed E-state index contributed by atoms with van der Waals surface area (Å²) in [5.74, 6) is 0.590. The van der Waals surface area contributed by atoms with Gasteiger partial charge in [-0.2, -0.15) is 5.10 Å². The van der Waals surface area contributed by atoms with Gasteiger partial charge in [0.05, 0.1) is 37.8 Å². The molecule has 0 aliphatic carbocycles. The topological polar surface area (TPSA) is 184 Å². The number of benzene rings is 1. The van der Waals surface area contributed by atoms with E-state index in [2.05, 4.69) is 20.5 Å². The molecule has 0 saturated carbocycles. The first-order chi connectivity index (χ1) is 19.5. The number of fused-ring (bicyclic) bond motifs is 1. The Morgan fingerprint density at radius 3 is 2.75 bits per heavy atom. The Morgan fingerprint density at radius 2 is 2.05 bits per heavy atom. The first-order valence-electron chi connectivity index (χ1n) is 12.7. The predicted octanol–water partition coefficient (Wildman–Crippen LogP) is 0.845. The van der Waals surface area contributed by atoms with Gasteiger partial charge in [0.1, 0.15) is 18.3 Å². The minimum absolute atomic E-state index is 0.0138. The molecule has 3 aromatic heterocycles. The molecule has 5 heterocycles. The number of ether oxygens (including phenoxy) is 2.